The number of hydrogen-bond donors (Lipinski definition) is 1. The Labute approximate surface area is 118 Å². The molecule has 1 rings (SSSR count). The van der Waals surface area contributed by atoms with Gasteiger partial charge in [-0.3, -0.25) is 0 Å². The van der Waals surface area contributed by atoms with Crippen LogP contribution in [0, 0.1) is 5.92 Å². The van der Waals surface area contributed by atoms with Gasteiger partial charge in [0.15, 0.2) is 0 Å². The van der Waals surface area contributed by atoms with Gasteiger partial charge in [-0.15, -0.1) is 0 Å². The fourth-order valence-corrected chi connectivity index (χ4v) is 1.78. The summed E-state index contributed by atoms with van der Waals surface area (Å²) in [5.74, 6) is 0.720. The number of hydrogen-bond acceptors (Lipinski definition) is 2. The molecule has 108 valence electrons. The van der Waals surface area contributed by atoms with Gasteiger partial charge in [0.25, 0.3) is 0 Å². The van der Waals surface area contributed by atoms with Crippen molar-refractivity contribution in [3.05, 3.63) is 29.8 Å². The summed E-state index contributed by atoms with van der Waals surface area (Å²) in [4.78, 5) is 0. The number of anilines is 1. The number of nitrogens with one attached hydrogen (secondary N) is 1. The van der Waals surface area contributed by atoms with Crippen molar-refractivity contribution in [2.45, 2.75) is 46.5 Å². The van der Waals surface area contributed by atoms with Crippen LogP contribution in [0.25, 0.3) is 0 Å². The molecule has 0 atom stereocenters. The molecule has 2 nitrogen and oxygen atoms in total. The molecule has 1 aromatic rings. The third kappa shape index (κ3) is 6.63. The zero-order valence-corrected chi connectivity index (χ0v) is 13.1. The fourth-order valence-electron chi connectivity index (χ4n) is 1.78. The molecule has 0 heterocycles. The second-order valence-corrected chi connectivity index (χ2v) is 6.55. The van der Waals surface area contributed by atoms with E-state index in [4.69, 9.17) is 4.74 Å². The molecular formula is C17H29NO. The smallest absolute Gasteiger partial charge is 0.0639 e. The number of ether oxygens (including phenoxy) is 1. The van der Waals surface area contributed by atoms with Crippen molar-refractivity contribution in [3.8, 4) is 0 Å². The lowest BCUT2D eigenvalue weighted by atomic mass is 9.87. The number of benzene rings is 1. The molecule has 0 aromatic heterocycles. The highest BCUT2D eigenvalue weighted by molar-refractivity contribution is 5.45. The summed E-state index contributed by atoms with van der Waals surface area (Å²) in [6, 6.07) is 8.69. The molecule has 0 saturated heterocycles. The van der Waals surface area contributed by atoms with E-state index in [-0.39, 0.29) is 5.41 Å². The van der Waals surface area contributed by atoms with Crippen molar-refractivity contribution in [1.82, 2.24) is 0 Å². The van der Waals surface area contributed by atoms with E-state index in [2.05, 4.69) is 64.2 Å². The van der Waals surface area contributed by atoms with Gasteiger partial charge in [0.2, 0.25) is 0 Å². The van der Waals surface area contributed by atoms with E-state index in [1.54, 1.807) is 0 Å². The Hall–Kier alpha value is -1.02. The van der Waals surface area contributed by atoms with Crippen LogP contribution in [0.4, 0.5) is 5.69 Å². The van der Waals surface area contributed by atoms with Gasteiger partial charge >= 0.3 is 0 Å². The van der Waals surface area contributed by atoms with Gasteiger partial charge in [-0.2, -0.15) is 0 Å². The molecular weight excluding hydrogens is 234 g/mol. The Morgan fingerprint density at radius 3 is 2.21 bits per heavy atom. The van der Waals surface area contributed by atoms with Crippen LogP contribution in [-0.4, -0.2) is 19.8 Å². The maximum Gasteiger partial charge on any atom is 0.0639 e. The molecule has 0 aliphatic rings. The quantitative estimate of drug-likeness (QED) is 0.733. The summed E-state index contributed by atoms with van der Waals surface area (Å²) in [6.07, 6.45) is 1.14. The van der Waals surface area contributed by atoms with Crippen LogP contribution in [0.1, 0.15) is 46.6 Å². The average molecular weight is 263 g/mol. The second-order valence-electron chi connectivity index (χ2n) is 6.55. The van der Waals surface area contributed by atoms with E-state index in [0.717, 1.165) is 32.1 Å². The molecule has 0 fully saturated rings. The first-order valence-corrected chi connectivity index (χ1v) is 7.32. The van der Waals surface area contributed by atoms with Crippen LogP contribution in [0.2, 0.25) is 0 Å². The van der Waals surface area contributed by atoms with Gasteiger partial charge in [-0.25, -0.2) is 0 Å². The standard InChI is InChI=1S/C17H29NO/c1-14(2)10-12-19-13-11-18-16-8-6-15(7-9-16)17(3,4)5/h6-9,14,18H,10-13H2,1-5H3. The minimum absolute atomic E-state index is 0.221. The summed E-state index contributed by atoms with van der Waals surface area (Å²) in [7, 11) is 0. The Balaban J connectivity index is 2.23. The number of rotatable bonds is 7. The summed E-state index contributed by atoms with van der Waals surface area (Å²) in [5, 5.41) is 3.39. The van der Waals surface area contributed by atoms with Crippen molar-refractivity contribution < 1.29 is 4.74 Å². The topological polar surface area (TPSA) is 21.3 Å². The van der Waals surface area contributed by atoms with E-state index in [1.807, 2.05) is 0 Å². The molecule has 1 aromatic carbocycles. The predicted molar refractivity (Wildman–Crippen MR) is 83.9 cm³/mol. The van der Waals surface area contributed by atoms with Crippen LogP contribution in [-0.2, 0) is 10.2 Å². The maximum absolute atomic E-state index is 5.58. The Morgan fingerprint density at radius 1 is 1.05 bits per heavy atom. The minimum Gasteiger partial charge on any atom is -0.383 e. The second kappa shape index (κ2) is 7.54. The third-order valence-corrected chi connectivity index (χ3v) is 3.17. The van der Waals surface area contributed by atoms with E-state index in [0.29, 0.717) is 0 Å². The maximum atomic E-state index is 5.58. The predicted octanol–water partition coefficient (Wildman–Crippen LogP) is 4.46. The lowest BCUT2D eigenvalue weighted by Gasteiger charge is -2.19. The van der Waals surface area contributed by atoms with Crippen molar-refractivity contribution in [2.24, 2.45) is 5.92 Å². The Bertz CT molecular complexity index is 349. The lowest BCUT2D eigenvalue weighted by Crippen LogP contribution is -2.12. The Kier molecular flexibility index (Phi) is 6.36. The van der Waals surface area contributed by atoms with Gasteiger partial charge in [0, 0.05) is 18.8 Å². The molecule has 0 aliphatic carbocycles. The van der Waals surface area contributed by atoms with Crippen LogP contribution >= 0.6 is 0 Å². The summed E-state index contributed by atoms with van der Waals surface area (Å²) >= 11 is 0. The Morgan fingerprint density at radius 2 is 1.68 bits per heavy atom. The molecule has 0 unspecified atom stereocenters. The highest BCUT2D eigenvalue weighted by Gasteiger charge is 2.12. The van der Waals surface area contributed by atoms with Gasteiger partial charge < -0.3 is 10.1 Å². The van der Waals surface area contributed by atoms with E-state index >= 15 is 0 Å². The molecule has 0 aliphatic heterocycles. The lowest BCUT2D eigenvalue weighted by molar-refractivity contribution is 0.132. The highest BCUT2D eigenvalue weighted by Crippen LogP contribution is 2.23. The first-order chi connectivity index (χ1) is 8.89. The monoisotopic (exact) mass is 263 g/mol. The largest absolute Gasteiger partial charge is 0.383 e. The average Bonchev–Trinajstić information content (AvgIpc) is 2.32. The molecule has 2 heteroatoms. The molecule has 1 N–H and O–H groups in total. The van der Waals surface area contributed by atoms with Crippen LogP contribution < -0.4 is 5.32 Å². The summed E-state index contributed by atoms with van der Waals surface area (Å²) in [6.45, 7) is 13.6. The minimum atomic E-state index is 0.221. The van der Waals surface area contributed by atoms with Crippen LogP contribution in [0.3, 0.4) is 0 Å². The molecule has 0 amide bonds. The molecule has 0 radical (unpaired) electrons. The van der Waals surface area contributed by atoms with Crippen molar-refractivity contribution in [3.63, 3.8) is 0 Å². The molecule has 0 saturated carbocycles. The van der Waals surface area contributed by atoms with Gasteiger partial charge in [0.1, 0.15) is 0 Å². The van der Waals surface area contributed by atoms with E-state index in [9.17, 15) is 0 Å². The van der Waals surface area contributed by atoms with Gasteiger partial charge in [0.05, 0.1) is 6.61 Å². The zero-order valence-electron chi connectivity index (χ0n) is 13.1. The van der Waals surface area contributed by atoms with Gasteiger partial charge in [-0.05, 0) is 35.4 Å². The SMILES string of the molecule is CC(C)CCOCCNc1ccc(C(C)(C)C)cc1. The van der Waals surface area contributed by atoms with Crippen molar-refractivity contribution in [1.29, 1.82) is 0 Å². The zero-order chi connectivity index (χ0) is 14.3. The normalized spacial score (nSPS) is 11.9. The molecule has 19 heavy (non-hydrogen) atoms. The first kappa shape index (κ1) is 16.0. The van der Waals surface area contributed by atoms with E-state index in [1.165, 1.54) is 11.3 Å². The van der Waals surface area contributed by atoms with Crippen LogP contribution in [0.5, 0.6) is 0 Å². The highest BCUT2D eigenvalue weighted by atomic mass is 16.5. The fraction of sp³-hybridized carbons (Fsp3) is 0.647. The van der Waals surface area contributed by atoms with Crippen molar-refractivity contribution >= 4 is 5.69 Å². The third-order valence-electron chi connectivity index (χ3n) is 3.17. The first-order valence-electron chi connectivity index (χ1n) is 7.32. The van der Waals surface area contributed by atoms with E-state index < -0.39 is 0 Å². The van der Waals surface area contributed by atoms with Gasteiger partial charge in [-0.1, -0.05) is 46.8 Å². The summed E-state index contributed by atoms with van der Waals surface area (Å²) in [5.41, 5.74) is 2.75. The molecule has 0 spiro atoms. The van der Waals surface area contributed by atoms with Crippen LogP contribution in [0.15, 0.2) is 24.3 Å². The van der Waals surface area contributed by atoms with Crippen molar-refractivity contribution in [2.75, 3.05) is 25.1 Å². The summed E-state index contributed by atoms with van der Waals surface area (Å²) < 4.78 is 5.58. The molecule has 0 bridgehead atoms.